The van der Waals surface area contributed by atoms with E-state index in [0.717, 1.165) is 19.3 Å². The Kier molecular flexibility index (Phi) is 3.07. The van der Waals surface area contributed by atoms with Gasteiger partial charge in [0.25, 0.3) is 0 Å². The minimum absolute atomic E-state index is 0.0533. The fraction of sp³-hybridized carbons (Fsp3) is 0.737. The van der Waals surface area contributed by atoms with E-state index in [1.165, 1.54) is 6.08 Å². The van der Waals surface area contributed by atoms with Crippen molar-refractivity contribution in [2.24, 2.45) is 28.6 Å². The van der Waals surface area contributed by atoms with Crippen molar-refractivity contribution < 1.29 is 19.5 Å². The number of aliphatic hydroxyl groups excluding tert-OH is 1. The predicted octanol–water partition coefficient (Wildman–Crippen LogP) is 2.24. The van der Waals surface area contributed by atoms with E-state index in [4.69, 9.17) is 0 Å². The van der Waals surface area contributed by atoms with E-state index < -0.39 is 11.5 Å². The van der Waals surface area contributed by atoms with Gasteiger partial charge in [0.15, 0.2) is 11.6 Å². The molecular weight excluding hydrogens is 292 g/mol. The molecule has 0 aromatic heterocycles. The molecule has 23 heavy (non-hydrogen) atoms. The first kappa shape index (κ1) is 15.3. The third-order valence-corrected chi connectivity index (χ3v) is 7.53. The average Bonchev–Trinajstić information content (AvgIpc) is 2.78. The molecule has 1 unspecified atom stereocenters. The minimum Gasteiger partial charge on any atom is -0.385 e. The number of aliphatic hydroxyl groups is 1. The molecule has 124 valence electrons. The molecule has 0 amide bonds. The molecule has 4 heteroatoms. The Labute approximate surface area is 136 Å². The lowest BCUT2D eigenvalue weighted by Crippen LogP contribution is -2.54. The van der Waals surface area contributed by atoms with E-state index in [1.807, 2.05) is 6.92 Å². The first-order valence-electron chi connectivity index (χ1n) is 8.78. The maximum atomic E-state index is 12.7. The highest BCUT2D eigenvalue weighted by molar-refractivity contribution is 6.07. The van der Waals surface area contributed by atoms with Gasteiger partial charge < -0.3 is 5.11 Å². The number of Topliss-reactive ketones (excluding diaryl/α,β-unsaturated/α-hetero) is 2. The zero-order chi connectivity index (χ0) is 16.6. The number of fused-ring (bicyclic) bond motifs is 5. The largest absolute Gasteiger partial charge is 0.385 e. The van der Waals surface area contributed by atoms with E-state index in [0.29, 0.717) is 30.6 Å². The number of ketones is 3. The zero-order valence-electron chi connectivity index (χ0n) is 13.8. The summed E-state index contributed by atoms with van der Waals surface area (Å²) in [7, 11) is 0. The average molecular weight is 316 g/mol. The van der Waals surface area contributed by atoms with Gasteiger partial charge in [-0.2, -0.15) is 0 Å². The molecule has 0 bridgehead atoms. The van der Waals surface area contributed by atoms with Crippen LogP contribution in [0.3, 0.4) is 0 Å². The number of carbonyl (C=O) groups excluding carboxylic acids is 3. The molecule has 4 rings (SSSR count). The van der Waals surface area contributed by atoms with E-state index >= 15 is 0 Å². The molecule has 3 saturated carbocycles. The van der Waals surface area contributed by atoms with Gasteiger partial charge in [0, 0.05) is 29.2 Å². The number of carbonyl (C=O) groups is 3. The number of allylic oxidation sites excluding steroid dienone is 1. The molecule has 0 heterocycles. The number of rotatable bonds is 0. The summed E-state index contributed by atoms with van der Waals surface area (Å²) >= 11 is 0. The van der Waals surface area contributed by atoms with Crippen molar-refractivity contribution in [3.63, 3.8) is 0 Å². The Morgan fingerprint density at radius 1 is 1.09 bits per heavy atom. The summed E-state index contributed by atoms with van der Waals surface area (Å²) in [6.45, 7) is 4.13. The highest BCUT2D eigenvalue weighted by atomic mass is 16.3. The molecule has 0 saturated heterocycles. The lowest BCUT2D eigenvalue weighted by atomic mass is 9.47. The van der Waals surface area contributed by atoms with Crippen LogP contribution in [-0.2, 0) is 14.4 Å². The molecule has 4 aliphatic rings. The van der Waals surface area contributed by atoms with Gasteiger partial charge in [0.05, 0.1) is 0 Å². The number of hydrogen-bond donors (Lipinski definition) is 1. The van der Waals surface area contributed by atoms with Crippen molar-refractivity contribution in [2.45, 2.75) is 58.5 Å². The lowest BCUT2D eigenvalue weighted by Gasteiger charge is -2.56. The first-order chi connectivity index (χ1) is 10.8. The normalized spacial score (nSPS) is 49.3. The van der Waals surface area contributed by atoms with Crippen LogP contribution >= 0.6 is 0 Å². The Bertz CT molecular complexity index is 648. The van der Waals surface area contributed by atoms with Crippen molar-refractivity contribution in [1.29, 1.82) is 0 Å². The van der Waals surface area contributed by atoms with Crippen LogP contribution in [0, 0.1) is 28.6 Å². The Morgan fingerprint density at radius 3 is 2.52 bits per heavy atom. The predicted molar refractivity (Wildman–Crippen MR) is 83.5 cm³/mol. The maximum absolute atomic E-state index is 12.7. The van der Waals surface area contributed by atoms with Crippen molar-refractivity contribution in [3.8, 4) is 0 Å². The molecule has 3 fully saturated rings. The number of hydrogen-bond acceptors (Lipinski definition) is 4. The molecule has 4 nitrogen and oxygen atoms in total. The second-order valence-electron chi connectivity index (χ2n) is 8.52. The molecule has 0 aromatic carbocycles. The topological polar surface area (TPSA) is 71.4 Å². The van der Waals surface area contributed by atoms with E-state index in [2.05, 4.69) is 6.92 Å². The summed E-state index contributed by atoms with van der Waals surface area (Å²) in [5.41, 5.74) is -0.0513. The van der Waals surface area contributed by atoms with Crippen LogP contribution in [0.4, 0.5) is 0 Å². The molecule has 0 spiro atoms. The van der Waals surface area contributed by atoms with Crippen LogP contribution in [0.2, 0.25) is 0 Å². The van der Waals surface area contributed by atoms with Gasteiger partial charge in [-0.25, -0.2) is 0 Å². The van der Waals surface area contributed by atoms with Crippen molar-refractivity contribution in [3.05, 3.63) is 11.6 Å². The monoisotopic (exact) mass is 316 g/mol. The van der Waals surface area contributed by atoms with Crippen LogP contribution in [0.25, 0.3) is 0 Å². The quantitative estimate of drug-likeness (QED) is 0.744. The second kappa shape index (κ2) is 4.62. The Hall–Kier alpha value is -1.29. The first-order valence-corrected chi connectivity index (χ1v) is 8.78. The summed E-state index contributed by atoms with van der Waals surface area (Å²) in [6.07, 6.45) is 4.53. The van der Waals surface area contributed by atoms with Crippen molar-refractivity contribution in [1.82, 2.24) is 0 Å². The van der Waals surface area contributed by atoms with Gasteiger partial charge in [-0.05, 0) is 49.5 Å². The third kappa shape index (κ3) is 1.84. The van der Waals surface area contributed by atoms with Crippen molar-refractivity contribution in [2.75, 3.05) is 0 Å². The highest BCUT2D eigenvalue weighted by Gasteiger charge is 2.61. The van der Waals surface area contributed by atoms with Gasteiger partial charge in [-0.15, -0.1) is 0 Å². The van der Waals surface area contributed by atoms with Crippen molar-refractivity contribution >= 4 is 17.3 Å². The van der Waals surface area contributed by atoms with Gasteiger partial charge in [0.2, 0.25) is 0 Å². The minimum atomic E-state index is -0.992. The summed E-state index contributed by atoms with van der Waals surface area (Å²) in [5.74, 6) is 0.872. The van der Waals surface area contributed by atoms with Gasteiger partial charge in [0.1, 0.15) is 11.9 Å². The highest BCUT2D eigenvalue weighted by Crippen LogP contribution is 2.63. The lowest BCUT2D eigenvalue weighted by molar-refractivity contribution is -0.141. The smallest absolute Gasteiger partial charge is 0.184 e. The molecule has 6 atom stereocenters. The summed E-state index contributed by atoms with van der Waals surface area (Å²) in [4.78, 5) is 36.9. The third-order valence-electron chi connectivity index (χ3n) is 7.53. The van der Waals surface area contributed by atoms with E-state index in [-0.39, 0.29) is 34.7 Å². The molecule has 4 aliphatic carbocycles. The molecule has 1 N–H and O–H groups in total. The van der Waals surface area contributed by atoms with E-state index in [9.17, 15) is 19.5 Å². The Balaban J connectivity index is 1.77. The van der Waals surface area contributed by atoms with Gasteiger partial charge >= 0.3 is 0 Å². The van der Waals surface area contributed by atoms with Crippen LogP contribution < -0.4 is 0 Å². The maximum Gasteiger partial charge on any atom is 0.184 e. The standard InChI is InChI=1S/C19H24O4/c1-18-6-5-12-10(11(18)3-4-17(18)23)7-14(20)13-8-15(21)16(22)9-19(12,13)2/h8,10-12,16,22H,3-7,9H2,1-2H3/t10-,11-,12-,16?,18-,19+/m0/s1. The van der Waals surface area contributed by atoms with E-state index in [1.54, 1.807) is 0 Å². The SMILES string of the molecule is C[C@]12CC(O)C(=O)C=C1C(=O)C[C@@H]1[C@@H]2CC[C@]2(C)C(=O)CC[C@@H]12. The summed E-state index contributed by atoms with van der Waals surface area (Å²) in [6, 6.07) is 0. The molecular formula is C19H24O4. The van der Waals surface area contributed by atoms with Crippen LogP contribution in [0.5, 0.6) is 0 Å². The van der Waals surface area contributed by atoms with Crippen LogP contribution in [0.1, 0.15) is 52.4 Å². The molecule has 0 radical (unpaired) electrons. The summed E-state index contributed by atoms with van der Waals surface area (Å²) in [5, 5.41) is 10.1. The van der Waals surface area contributed by atoms with Crippen LogP contribution in [-0.4, -0.2) is 28.6 Å². The van der Waals surface area contributed by atoms with Crippen LogP contribution in [0.15, 0.2) is 11.6 Å². The summed E-state index contributed by atoms with van der Waals surface area (Å²) < 4.78 is 0. The fourth-order valence-corrected chi connectivity index (χ4v) is 6.22. The van der Waals surface area contributed by atoms with Gasteiger partial charge in [-0.3, -0.25) is 14.4 Å². The fourth-order valence-electron chi connectivity index (χ4n) is 6.22. The second-order valence-corrected chi connectivity index (χ2v) is 8.52. The zero-order valence-corrected chi connectivity index (χ0v) is 13.8. The Morgan fingerprint density at radius 2 is 1.78 bits per heavy atom. The van der Waals surface area contributed by atoms with Gasteiger partial charge in [-0.1, -0.05) is 13.8 Å². The molecule has 0 aliphatic heterocycles. The molecule has 0 aromatic rings.